The van der Waals surface area contributed by atoms with Gasteiger partial charge in [0.2, 0.25) is 0 Å². The van der Waals surface area contributed by atoms with E-state index < -0.39 is 0 Å². The number of amides is 1. The van der Waals surface area contributed by atoms with Crippen LogP contribution in [-0.4, -0.2) is 44.6 Å². The van der Waals surface area contributed by atoms with E-state index in [-0.39, 0.29) is 11.9 Å². The molecule has 4 aromatic rings. The normalized spacial score (nSPS) is 13.3. The molecule has 0 radical (unpaired) electrons. The molecule has 5 rings (SSSR count). The van der Waals surface area contributed by atoms with Gasteiger partial charge < -0.3 is 19.9 Å². The Kier molecular flexibility index (Phi) is 6.12. The maximum absolute atomic E-state index is 12.4. The highest BCUT2D eigenvalue weighted by atomic mass is 16.5. The fourth-order valence-corrected chi connectivity index (χ4v) is 3.85. The Balaban J connectivity index is 1.37. The first-order valence-corrected chi connectivity index (χ1v) is 11.7. The molecule has 0 aliphatic heterocycles. The molecule has 2 aromatic heterocycles. The lowest BCUT2D eigenvalue weighted by Crippen LogP contribution is -2.25. The fourth-order valence-electron chi connectivity index (χ4n) is 3.85. The number of para-hydroxylation sites is 1. The molecule has 0 spiro atoms. The van der Waals surface area contributed by atoms with Crippen LogP contribution in [0.5, 0.6) is 5.75 Å². The van der Waals surface area contributed by atoms with Crippen LogP contribution in [0.25, 0.3) is 22.6 Å². The number of hydrogen-bond acceptors (Lipinski definition) is 6. The zero-order valence-corrected chi connectivity index (χ0v) is 19.4. The molecule has 1 amide bonds. The summed E-state index contributed by atoms with van der Waals surface area (Å²) in [6.07, 6.45) is 3.69. The average Bonchev–Trinajstić information content (AvgIpc) is 3.58. The van der Waals surface area contributed by atoms with Gasteiger partial charge in [0.15, 0.2) is 17.0 Å². The average molecular weight is 457 g/mol. The summed E-state index contributed by atoms with van der Waals surface area (Å²) in [6.45, 7) is 5.28. The molecule has 0 unspecified atom stereocenters. The van der Waals surface area contributed by atoms with E-state index in [4.69, 9.17) is 9.72 Å². The topological polar surface area (TPSA) is 94.0 Å². The zero-order valence-electron chi connectivity index (χ0n) is 19.4. The highest BCUT2D eigenvalue weighted by molar-refractivity contribution is 5.95. The van der Waals surface area contributed by atoms with E-state index in [0.29, 0.717) is 36.1 Å². The molecule has 1 aliphatic carbocycles. The largest absolute Gasteiger partial charge is 0.492 e. The predicted octanol–water partition coefficient (Wildman–Crippen LogP) is 4.46. The van der Waals surface area contributed by atoms with Gasteiger partial charge in [0.25, 0.3) is 5.91 Å². The smallest absolute Gasteiger partial charge is 0.251 e. The van der Waals surface area contributed by atoms with Crippen molar-refractivity contribution in [3.05, 3.63) is 66.5 Å². The first-order chi connectivity index (χ1) is 16.6. The van der Waals surface area contributed by atoms with Crippen molar-refractivity contribution in [3.8, 4) is 17.1 Å². The number of rotatable bonds is 9. The standard InChI is InChI=1S/C26H28N6O2/c1-17(2)32-24(18-8-10-19(11-9-18)26(33)30-20-12-13-20)31-22-23(28-16-29-25(22)32)27-14-15-34-21-6-4-3-5-7-21/h3-11,16-17,20H,12-15H2,1-2H3,(H,30,33)(H,27,28,29). The number of anilines is 1. The van der Waals surface area contributed by atoms with Crippen LogP contribution in [-0.2, 0) is 0 Å². The fraction of sp³-hybridized carbons (Fsp3) is 0.308. The second-order valence-corrected chi connectivity index (χ2v) is 8.71. The Labute approximate surface area is 198 Å². The summed E-state index contributed by atoms with van der Waals surface area (Å²) in [4.78, 5) is 26.2. The highest BCUT2D eigenvalue weighted by Gasteiger charge is 2.24. The van der Waals surface area contributed by atoms with Crippen LogP contribution in [0, 0.1) is 0 Å². The first-order valence-electron chi connectivity index (χ1n) is 11.7. The summed E-state index contributed by atoms with van der Waals surface area (Å²) in [5.74, 6) is 2.27. The molecule has 1 fully saturated rings. The van der Waals surface area contributed by atoms with Crippen molar-refractivity contribution in [2.45, 2.75) is 38.8 Å². The number of nitrogens with zero attached hydrogens (tertiary/aromatic N) is 4. The molecule has 2 aromatic carbocycles. The van der Waals surface area contributed by atoms with Crippen molar-refractivity contribution in [1.82, 2.24) is 24.8 Å². The lowest BCUT2D eigenvalue weighted by molar-refractivity contribution is 0.0951. The molecule has 8 heteroatoms. The molecule has 2 N–H and O–H groups in total. The lowest BCUT2D eigenvalue weighted by atomic mass is 10.1. The lowest BCUT2D eigenvalue weighted by Gasteiger charge is -2.13. The second-order valence-electron chi connectivity index (χ2n) is 8.71. The Morgan fingerprint density at radius 2 is 1.85 bits per heavy atom. The molecule has 0 atom stereocenters. The summed E-state index contributed by atoms with van der Waals surface area (Å²) in [5.41, 5.74) is 3.06. The number of nitrogens with one attached hydrogen (secondary N) is 2. The van der Waals surface area contributed by atoms with Gasteiger partial charge in [0.1, 0.15) is 24.5 Å². The van der Waals surface area contributed by atoms with Crippen molar-refractivity contribution < 1.29 is 9.53 Å². The minimum Gasteiger partial charge on any atom is -0.492 e. The van der Waals surface area contributed by atoms with E-state index in [1.165, 1.54) is 0 Å². The van der Waals surface area contributed by atoms with Gasteiger partial charge in [-0.05, 0) is 51.0 Å². The third-order valence-corrected chi connectivity index (χ3v) is 5.72. The summed E-state index contributed by atoms with van der Waals surface area (Å²) in [6, 6.07) is 17.8. The first kappa shape index (κ1) is 21.9. The van der Waals surface area contributed by atoms with E-state index >= 15 is 0 Å². The van der Waals surface area contributed by atoms with Crippen LogP contribution in [0.4, 0.5) is 5.82 Å². The second kappa shape index (κ2) is 9.51. The molecule has 0 bridgehead atoms. The minimum atomic E-state index is -0.0264. The molecule has 1 saturated carbocycles. The monoisotopic (exact) mass is 456 g/mol. The Hall–Kier alpha value is -3.94. The Morgan fingerprint density at radius 3 is 2.56 bits per heavy atom. The van der Waals surface area contributed by atoms with Crippen molar-refractivity contribution in [3.63, 3.8) is 0 Å². The maximum Gasteiger partial charge on any atom is 0.251 e. The predicted molar refractivity (Wildman–Crippen MR) is 132 cm³/mol. The van der Waals surface area contributed by atoms with Gasteiger partial charge >= 0.3 is 0 Å². The summed E-state index contributed by atoms with van der Waals surface area (Å²) >= 11 is 0. The molecular formula is C26H28N6O2. The van der Waals surface area contributed by atoms with Gasteiger partial charge in [-0.15, -0.1) is 0 Å². The third kappa shape index (κ3) is 4.71. The number of imidazole rings is 1. The van der Waals surface area contributed by atoms with Gasteiger partial charge in [-0.2, -0.15) is 0 Å². The number of fused-ring (bicyclic) bond motifs is 1. The summed E-state index contributed by atoms with van der Waals surface area (Å²) in [7, 11) is 0. The zero-order chi connectivity index (χ0) is 23.5. The quantitative estimate of drug-likeness (QED) is 0.361. The number of benzene rings is 2. The number of hydrogen-bond donors (Lipinski definition) is 2. The molecule has 0 saturated heterocycles. The Bertz CT molecular complexity index is 1280. The van der Waals surface area contributed by atoms with Gasteiger partial charge in [-0.25, -0.2) is 15.0 Å². The molecule has 174 valence electrons. The number of aromatic nitrogens is 4. The van der Waals surface area contributed by atoms with Gasteiger partial charge in [0, 0.05) is 23.2 Å². The van der Waals surface area contributed by atoms with Crippen LogP contribution in [0.3, 0.4) is 0 Å². The van der Waals surface area contributed by atoms with Crippen molar-refractivity contribution in [1.29, 1.82) is 0 Å². The molecule has 2 heterocycles. The van der Waals surface area contributed by atoms with Crippen LogP contribution in [0.15, 0.2) is 60.9 Å². The van der Waals surface area contributed by atoms with Gasteiger partial charge in [-0.1, -0.05) is 30.3 Å². The minimum absolute atomic E-state index is 0.0264. The van der Waals surface area contributed by atoms with E-state index in [1.54, 1.807) is 6.33 Å². The van der Waals surface area contributed by atoms with E-state index in [9.17, 15) is 4.79 Å². The maximum atomic E-state index is 12.4. The van der Waals surface area contributed by atoms with Crippen LogP contribution >= 0.6 is 0 Å². The molecule has 8 nitrogen and oxygen atoms in total. The molecule has 1 aliphatic rings. The summed E-state index contributed by atoms with van der Waals surface area (Å²) < 4.78 is 7.87. The SMILES string of the molecule is CC(C)n1c(-c2ccc(C(=O)NC3CC3)cc2)nc2c(NCCOc3ccccc3)ncnc21. The van der Waals surface area contributed by atoms with Gasteiger partial charge in [-0.3, -0.25) is 4.79 Å². The molecular weight excluding hydrogens is 428 g/mol. The number of carbonyl (C=O) groups is 1. The van der Waals surface area contributed by atoms with Crippen LogP contribution in [0.2, 0.25) is 0 Å². The van der Waals surface area contributed by atoms with Crippen molar-refractivity contribution >= 4 is 22.9 Å². The number of carbonyl (C=O) groups excluding carboxylic acids is 1. The van der Waals surface area contributed by atoms with Crippen molar-refractivity contribution in [2.24, 2.45) is 0 Å². The van der Waals surface area contributed by atoms with E-state index in [2.05, 4.69) is 39.0 Å². The summed E-state index contributed by atoms with van der Waals surface area (Å²) in [5, 5.41) is 6.36. The van der Waals surface area contributed by atoms with Crippen LogP contribution < -0.4 is 15.4 Å². The van der Waals surface area contributed by atoms with Crippen LogP contribution in [0.1, 0.15) is 43.1 Å². The molecule has 34 heavy (non-hydrogen) atoms. The van der Waals surface area contributed by atoms with E-state index in [0.717, 1.165) is 35.6 Å². The van der Waals surface area contributed by atoms with Crippen molar-refractivity contribution in [2.75, 3.05) is 18.5 Å². The number of ether oxygens (including phenoxy) is 1. The highest BCUT2D eigenvalue weighted by Crippen LogP contribution is 2.30. The van der Waals surface area contributed by atoms with Gasteiger partial charge in [0.05, 0.1) is 6.54 Å². The third-order valence-electron chi connectivity index (χ3n) is 5.72. The Morgan fingerprint density at radius 1 is 1.09 bits per heavy atom. The van der Waals surface area contributed by atoms with E-state index in [1.807, 2.05) is 54.6 Å².